The third-order valence-electron chi connectivity index (χ3n) is 2.55. The molecule has 0 unspecified atom stereocenters. The van der Waals surface area contributed by atoms with Crippen molar-refractivity contribution in [1.29, 1.82) is 0 Å². The fourth-order valence-corrected chi connectivity index (χ4v) is 1.72. The Kier molecular flexibility index (Phi) is 7.76. The standard InChI is InChI=1S/C15H16ClFN2O4/c1-2-18-13(20)8-19-14(21)9-23-15(22)7-6-10-11(16)4-3-5-12(10)17/h3-7H,2,8-9H2,1H3,(H,18,20)(H,19,21)/b7-6+. The molecule has 23 heavy (non-hydrogen) atoms. The normalized spacial score (nSPS) is 10.4. The molecule has 8 heteroatoms. The first-order valence-corrected chi connectivity index (χ1v) is 7.14. The third-order valence-corrected chi connectivity index (χ3v) is 2.88. The van der Waals surface area contributed by atoms with Crippen LogP contribution in [-0.4, -0.2) is 37.5 Å². The minimum atomic E-state index is -0.836. The van der Waals surface area contributed by atoms with Gasteiger partial charge < -0.3 is 15.4 Å². The Hall–Kier alpha value is -2.41. The molecule has 0 aliphatic heterocycles. The van der Waals surface area contributed by atoms with Gasteiger partial charge in [-0.1, -0.05) is 17.7 Å². The van der Waals surface area contributed by atoms with Crippen LogP contribution in [0.1, 0.15) is 12.5 Å². The summed E-state index contributed by atoms with van der Waals surface area (Å²) >= 11 is 5.79. The molecule has 0 saturated heterocycles. The van der Waals surface area contributed by atoms with Crippen LogP contribution in [0.25, 0.3) is 6.08 Å². The molecule has 0 atom stereocenters. The van der Waals surface area contributed by atoms with Gasteiger partial charge in [-0.25, -0.2) is 9.18 Å². The molecule has 0 aromatic heterocycles. The first-order valence-electron chi connectivity index (χ1n) is 6.76. The average Bonchev–Trinajstić information content (AvgIpc) is 2.50. The van der Waals surface area contributed by atoms with E-state index in [-0.39, 0.29) is 23.0 Å². The van der Waals surface area contributed by atoms with Gasteiger partial charge in [0.25, 0.3) is 5.91 Å². The zero-order valence-electron chi connectivity index (χ0n) is 12.4. The SMILES string of the molecule is CCNC(=O)CNC(=O)COC(=O)/C=C/c1c(F)cccc1Cl. The monoisotopic (exact) mass is 342 g/mol. The van der Waals surface area contributed by atoms with Crippen LogP contribution in [0, 0.1) is 5.82 Å². The molecule has 0 aliphatic carbocycles. The minimum Gasteiger partial charge on any atom is -0.452 e. The average molecular weight is 343 g/mol. The van der Waals surface area contributed by atoms with Crippen LogP contribution in [0.2, 0.25) is 5.02 Å². The summed E-state index contributed by atoms with van der Waals surface area (Å²) in [7, 11) is 0. The van der Waals surface area contributed by atoms with E-state index in [0.29, 0.717) is 6.54 Å². The van der Waals surface area contributed by atoms with Crippen LogP contribution in [0.3, 0.4) is 0 Å². The van der Waals surface area contributed by atoms with Crippen molar-refractivity contribution in [3.8, 4) is 0 Å². The Morgan fingerprint density at radius 3 is 2.65 bits per heavy atom. The van der Waals surface area contributed by atoms with Crippen molar-refractivity contribution in [2.24, 2.45) is 0 Å². The molecule has 0 saturated carbocycles. The summed E-state index contributed by atoms with van der Waals surface area (Å²) in [5.41, 5.74) is 0.0480. The highest BCUT2D eigenvalue weighted by molar-refractivity contribution is 6.32. The van der Waals surface area contributed by atoms with Crippen molar-refractivity contribution < 1.29 is 23.5 Å². The molecule has 0 radical (unpaired) electrons. The van der Waals surface area contributed by atoms with E-state index < -0.39 is 24.3 Å². The molecule has 124 valence electrons. The molecular formula is C15H16ClFN2O4. The zero-order chi connectivity index (χ0) is 17.2. The maximum absolute atomic E-state index is 13.5. The Morgan fingerprint density at radius 1 is 1.26 bits per heavy atom. The number of ether oxygens (including phenoxy) is 1. The second-order valence-electron chi connectivity index (χ2n) is 4.31. The molecule has 1 rings (SSSR count). The lowest BCUT2D eigenvalue weighted by Crippen LogP contribution is -2.38. The summed E-state index contributed by atoms with van der Waals surface area (Å²) in [4.78, 5) is 33.9. The van der Waals surface area contributed by atoms with Crippen molar-refractivity contribution in [3.05, 3.63) is 40.7 Å². The van der Waals surface area contributed by atoms with Crippen LogP contribution in [0.15, 0.2) is 24.3 Å². The molecule has 1 aromatic carbocycles. The Balaban J connectivity index is 2.41. The van der Waals surface area contributed by atoms with Crippen LogP contribution >= 0.6 is 11.6 Å². The number of carbonyl (C=O) groups is 3. The van der Waals surface area contributed by atoms with Crippen molar-refractivity contribution in [1.82, 2.24) is 10.6 Å². The van der Waals surface area contributed by atoms with E-state index in [0.717, 1.165) is 12.2 Å². The molecule has 2 amide bonds. The number of halogens is 2. The summed E-state index contributed by atoms with van der Waals surface area (Å²) in [5, 5.41) is 4.92. The number of hydrogen-bond donors (Lipinski definition) is 2. The van der Waals surface area contributed by atoms with Crippen molar-refractivity contribution in [2.75, 3.05) is 19.7 Å². The second-order valence-corrected chi connectivity index (χ2v) is 4.71. The van der Waals surface area contributed by atoms with E-state index >= 15 is 0 Å². The maximum atomic E-state index is 13.5. The summed E-state index contributed by atoms with van der Waals surface area (Å²) in [6, 6.07) is 4.11. The highest BCUT2D eigenvalue weighted by Gasteiger charge is 2.08. The number of esters is 1. The molecule has 2 N–H and O–H groups in total. The molecule has 0 aliphatic rings. The molecule has 1 aromatic rings. The fraction of sp³-hybridized carbons (Fsp3) is 0.267. The fourth-order valence-electron chi connectivity index (χ4n) is 1.50. The summed E-state index contributed by atoms with van der Waals surface area (Å²) in [6.45, 7) is 1.45. The number of nitrogens with one attached hydrogen (secondary N) is 2. The Labute approximate surface area is 137 Å². The maximum Gasteiger partial charge on any atom is 0.331 e. The van der Waals surface area contributed by atoms with Gasteiger partial charge in [-0.15, -0.1) is 0 Å². The molecule has 0 heterocycles. The van der Waals surface area contributed by atoms with Gasteiger partial charge >= 0.3 is 5.97 Å². The minimum absolute atomic E-state index is 0.0480. The van der Waals surface area contributed by atoms with Crippen LogP contribution in [0.5, 0.6) is 0 Å². The number of rotatable bonds is 7. The number of amides is 2. The molecular weight excluding hydrogens is 327 g/mol. The molecule has 0 bridgehead atoms. The van der Waals surface area contributed by atoms with Gasteiger partial charge in [0, 0.05) is 18.2 Å². The lowest BCUT2D eigenvalue weighted by molar-refractivity contribution is -0.143. The quantitative estimate of drug-likeness (QED) is 0.577. The highest BCUT2D eigenvalue weighted by Crippen LogP contribution is 2.20. The predicted octanol–water partition coefficient (Wildman–Crippen LogP) is 1.29. The number of hydrogen-bond acceptors (Lipinski definition) is 4. The summed E-state index contributed by atoms with van der Waals surface area (Å²) in [5.74, 6) is -2.39. The van der Waals surface area contributed by atoms with Gasteiger partial charge in [-0.2, -0.15) is 0 Å². The molecule has 0 spiro atoms. The second kappa shape index (κ2) is 9.58. The van der Waals surface area contributed by atoms with Crippen molar-refractivity contribution in [2.45, 2.75) is 6.92 Å². The van der Waals surface area contributed by atoms with Gasteiger partial charge in [0.1, 0.15) is 5.82 Å². The first-order chi connectivity index (χ1) is 10.9. The van der Waals surface area contributed by atoms with E-state index in [2.05, 4.69) is 15.4 Å². The van der Waals surface area contributed by atoms with Crippen LogP contribution in [0.4, 0.5) is 4.39 Å². The summed E-state index contributed by atoms with van der Waals surface area (Å²) in [6.07, 6.45) is 2.12. The smallest absolute Gasteiger partial charge is 0.331 e. The number of likely N-dealkylation sites (N-methyl/N-ethyl adjacent to an activating group) is 1. The molecule has 0 fully saturated rings. The van der Waals surface area contributed by atoms with Gasteiger partial charge in [-0.05, 0) is 25.1 Å². The van der Waals surface area contributed by atoms with Gasteiger partial charge in [0.05, 0.1) is 11.6 Å². The van der Waals surface area contributed by atoms with E-state index in [1.54, 1.807) is 6.92 Å². The highest BCUT2D eigenvalue weighted by atomic mass is 35.5. The zero-order valence-corrected chi connectivity index (χ0v) is 13.2. The van der Waals surface area contributed by atoms with Crippen LogP contribution < -0.4 is 10.6 Å². The number of carbonyl (C=O) groups excluding carboxylic acids is 3. The van der Waals surface area contributed by atoms with Gasteiger partial charge in [0.15, 0.2) is 6.61 Å². The van der Waals surface area contributed by atoms with Crippen molar-refractivity contribution in [3.63, 3.8) is 0 Å². The molecule has 6 nitrogen and oxygen atoms in total. The van der Waals surface area contributed by atoms with Gasteiger partial charge in [0.2, 0.25) is 5.91 Å². The van der Waals surface area contributed by atoms with Crippen LogP contribution in [-0.2, 0) is 19.1 Å². The Morgan fingerprint density at radius 2 is 2.00 bits per heavy atom. The number of benzene rings is 1. The lowest BCUT2D eigenvalue weighted by atomic mass is 10.2. The largest absolute Gasteiger partial charge is 0.452 e. The third kappa shape index (κ3) is 6.92. The van der Waals surface area contributed by atoms with E-state index in [1.165, 1.54) is 18.2 Å². The van der Waals surface area contributed by atoms with E-state index in [1.807, 2.05) is 0 Å². The Bertz CT molecular complexity index is 599. The lowest BCUT2D eigenvalue weighted by Gasteiger charge is -2.05. The predicted molar refractivity (Wildman–Crippen MR) is 83.1 cm³/mol. The van der Waals surface area contributed by atoms with Gasteiger partial charge in [-0.3, -0.25) is 9.59 Å². The first kappa shape index (κ1) is 18.6. The van der Waals surface area contributed by atoms with E-state index in [4.69, 9.17) is 11.6 Å². The van der Waals surface area contributed by atoms with E-state index in [9.17, 15) is 18.8 Å². The van der Waals surface area contributed by atoms with Crippen molar-refractivity contribution >= 4 is 35.5 Å². The topological polar surface area (TPSA) is 84.5 Å². The summed E-state index contributed by atoms with van der Waals surface area (Å²) < 4.78 is 18.1.